The Kier molecular flexibility index (Phi) is 3.01. The highest BCUT2D eigenvalue weighted by Crippen LogP contribution is 2.45. The van der Waals surface area contributed by atoms with Crippen LogP contribution in [0.1, 0.15) is 41.4 Å². The first kappa shape index (κ1) is 14.1. The normalized spacial score (nSPS) is 22.8. The summed E-state index contributed by atoms with van der Waals surface area (Å²) >= 11 is 0. The van der Waals surface area contributed by atoms with Gasteiger partial charge in [-0.25, -0.2) is 0 Å². The molecule has 24 heavy (non-hydrogen) atoms. The number of H-pyrrole nitrogens is 1. The van der Waals surface area contributed by atoms with Crippen molar-refractivity contribution in [1.29, 1.82) is 0 Å². The maximum absolute atomic E-state index is 5.42. The third-order valence-corrected chi connectivity index (χ3v) is 5.91. The Morgan fingerprint density at radius 2 is 2.04 bits per heavy atom. The van der Waals surface area contributed by atoms with Crippen molar-refractivity contribution in [2.24, 2.45) is 0 Å². The SMILES string of the molecule is COc1ccc2c(c1)CCN1C(C)c3[nH]c4ccccc4c3C[C@@H]21. The minimum absolute atomic E-state index is 0.432. The van der Waals surface area contributed by atoms with Gasteiger partial charge in [-0.05, 0) is 54.7 Å². The standard InChI is InChI=1S/C21H22N2O/c1-13-21-18(17-5-3-4-6-19(17)22-21)12-20-16-8-7-15(24-2)11-14(16)9-10-23(13)20/h3-8,11,13,20,22H,9-10,12H2,1-2H3/t13?,20-/m0/s1. The highest BCUT2D eigenvalue weighted by Gasteiger charge is 2.37. The van der Waals surface area contributed by atoms with Gasteiger partial charge < -0.3 is 9.72 Å². The van der Waals surface area contributed by atoms with Crippen LogP contribution in [0.2, 0.25) is 0 Å². The summed E-state index contributed by atoms with van der Waals surface area (Å²) in [4.78, 5) is 6.34. The second kappa shape index (κ2) is 5.12. The van der Waals surface area contributed by atoms with Crippen molar-refractivity contribution in [2.75, 3.05) is 13.7 Å². The minimum Gasteiger partial charge on any atom is -0.497 e. The quantitative estimate of drug-likeness (QED) is 0.720. The number of hydrogen-bond donors (Lipinski definition) is 1. The molecule has 2 aliphatic rings. The van der Waals surface area contributed by atoms with Gasteiger partial charge in [0.05, 0.1) is 7.11 Å². The number of para-hydroxylation sites is 1. The summed E-state index contributed by atoms with van der Waals surface area (Å²) in [5, 5.41) is 1.39. The molecule has 0 amide bonds. The van der Waals surface area contributed by atoms with E-state index in [-0.39, 0.29) is 0 Å². The average molecular weight is 318 g/mol. The molecule has 2 aromatic carbocycles. The molecule has 3 aromatic rings. The van der Waals surface area contributed by atoms with Gasteiger partial charge in [0.15, 0.2) is 0 Å². The molecule has 0 aliphatic carbocycles. The molecule has 0 spiro atoms. The minimum atomic E-state index is 0.432. The average Bonchev–Trinajstić information content (AvgIpc) is 3.00. The molecule has 3 nitrogen and oxygen atoms in total. The number of benzene rings is 2. The molecule has 1 unspecified atom stereocenters. The van der Waals surface area contributed by atoms with Crippen molar-refractivity contribution >= 4 is 10.9 Å². The molecule has 122 valence electrons. The molecule has 1 aromatic heterocycles. The lowest BCUT2D eigenvalue weighted by molar-refractivity contribution is 0.116. The summed E-state index contributed by atoms with van der Waals surface area (Å²) in [5.41, 5.74) is 7.10. The zero-order valence-electron chi connectivity index (χ0n) is 14.2. The molecule has 0 bridgehead atoms. The van der Waals surface area contributed by atoms with Crippen LogP contribution >= 0.6 is 0 Å². The summed E-state index contributed by atoms with van der Waals surface area (Å²) in [5.74, 6) is 0.971. The van der Waals surface area contributed by atoms with Crippen LogP contribution in [-0.4, -0.2) is 23.5 Å². The van der Waals surface area contributed by atoms with E-state index in [1.807, 2.05) is 0 Å². The van der Waals surface area contributed by atoms with Crippen LogP contribution < -0.4 is 4.74 Å². The molecular formula is C21H22N2O. The van der Waals surface area contributed by atoms with Crippen LogP contribution in [0.25, 0.3) is 10.9 Å². The van der Waals surface area contributed by atoms with Crippen LogP contribution in [0.5, 0.6) is 5.75 Å². The van der Waals surface area contributed by atoms with E-state index in [0.717, 1.165) is 25.1 Å². The van der Waals surface area contributed by atoms with E-state index in [4.69, 9.17) is 4.74 Å². The van der Waals surface area contributed by atoms with Crippen LogP contribution in [0.4, 0.5) is 0 Å². The maximum Gasteiger partial charge on any atom is 0.119 e. The van der Waals surface area contributed by atoms with Crippen LogP contribution in [0.3, 0.4) is 0 Å². The van der Waals surface area contributed by atoms with Crippen LogP contribution in [0.15, 0.2) is 42.5 Å². The Morgan fingerprint density at radius 1 is 1.17 bits per heavy atom. The van der Waals surface area contributed by atoms with Gasteiger partial charge in [-0.1, -0.05) is 24.3 Å². The fraction of sp³-hybridized carbons (Fsp3) is 0.333. The molecule has 2 atom stereocenters. The molecule has 0 fully saturated rings. The van der Waals surface area contributed by atoms with Gasteiger partial charge in [0.2, 0.25) is 0 Å². The van der Waals surface area contributed by atoms with Gasteiger partial charge in [-0.15, -0.1) is 0 Å². The van der Waals surface area contributed by atoms with E-state index < -0.39 is 0 Å². The number of hydrogen-bond acceptors (Lipinski definition) is 2. The first-order valence-corrected chi connectivity index (χ1v) is 8.78. The third kappa shape index (κ3) is 1.88. The van der Waals surface area contributed by atoms with Crippen molar-refractivity contribution < 1.29 is 4.74 Å². The molecule has 0 saturated carbocycles. The van der Waals surface area contributed by atoms with E-state index in [2.05, 4.69) is 59.3 Å². The molecule has 0 saturated heterocycles. The van der Waals surface area contributed by atoms with Gasteiger partial charge in [0, 0.05) is 35.2 Å². The van der Waals surface area contributed by atoms with Crippen molar-refractivity contribution in [1.82, 2.24) is 9.88 Å². The van der Waals surface area contributed by atoms with Gasteiger partial charge in [0.25, 0.3) is 0 Å². The number of nitrogens with zero attached hydrogens (tertiary/aromatic N) is 1. The van der Waals surface area contributed by atoms with Crippen molar-refractivity contribution in [3.63, 3.8) is 0 Å². The van der Waals surface area contributed by atoms with Gasteiger partial charge in [-0.3, -0.25) is 4.90 Å². The Hall–Kier alpha value is -2.26. The van der Waals surface area contributed by atoms with E-state index in [1.54, 1.807) is 7.11 Å². The summed E-state index contributed by atoms with van der Waals surface area (Å²) in [6.45, 7) is 3.45. The van der Waals surface area contributed by atoms with Gasteiger partial charge in [-0.2, -0.15) is 0 Å². The second-order valence-electron chi connectivity index (χ2n) is 7.01. The summed E-state index contributed by atoms with van der Waals surface area (Å²) < 4.78 is 5.42. The maximum atomic E-state index is 5.42. The second-order valence-corrected chi connectivity index (χ2v) is 7.01. The highest BCUT2D eigenvalue weighted by molar-refractivity contribution is 5.85. The van der Waals surface area contributed by atoms with E-state index in [9.17, 15) is 0 Å². The Bertz CT molecular complexity index is 927. The molecule has 3 heteroatoms. The highest BCUT2D eigenvalue weighted by atomic mass is 16.5. The molecule has 5 rings (SSSR count). The Labute approximate surface area is 142 Å². The number of rotatable bonds is 1. The summed E-state index contributed by atoms with van der Waals surface area (Å²) in [6, 6.07) is 16.2. The smallest absolute Gasteiger partial charge is 0.119 e. The van der Waals surface area contributed by atoms with Crippen LogP contribution in [-0.2, 0) is 12.8 Å². The molecule has 2 aliphatic heterocycles. The summed E-state index contributed by atoms with van der Waals surface area (Å²) in [7, 11) is 1.75. The number of methoxy groups -OCH3 is 1. The number of nitrogens with one attached hydrogen (secondary N) is 1. The van der Waals surface area contributed by atoms with Crippen molar-refractivity contribution in [3.05, 3.63) is 64.8 Å². The fourth-order valence-corrected chi connectivity index (χ4v) is 4.68. The largest absolute Gasteiger partial charge is 0.497 e. The number of aromatic nitrogens is 1. The lowest BCUT2D eigenvalue weighted by Crippen LogP contribution is -2.41. The molecule has 3 heterocycles. The Morgan fingerprint density at radius 3 is 2.92 bits per heavy atom. The zero-order valence-corrected chi connectivity index (χ0v) is 14.2. The van der Waals surface area contributed by atoms with Crippen LogP contribution in [0, 0.1) is 0 Å². The first-order valence-electron chi connectivity index (χ1n) is 8.78. The zero-order chi connectivity index (χ0) is 16.3. The summed E-state index contributed by atoms with van der Waals surface area (Å²) in [6.07, 6.45) is 2.19. The lowest BCUT2D eigenvalue weighted by atomic mass is 9.83. The lowest BCUT2D eigenvalue weighted by Gasteiger charge is -2.44. The molecule has 1 N–H and O–H groups in total. The van der Waals surface area contributed by atoms with E-state index in [1.165, 1.54) is 33.3 Å². The number of aromatic amines is 1. The van der Waals surface area contributed by atoms with Crippen molar-refractivity contribution in [3.8, 4) is 5.75 Å². The monoisotopic (exact) mass is 318 g/mol. The van der Waals surface area contributed by atoms with Gasteiger partial charge in [0.1, 0.15) is 5.75 Å². The fourth-order valence-electron chi connectivity index (χ4n) is 4.68. The van der Waals surface area contributed by atoms with E-state index >= 15 is 0 Å². The topological polar surface area (TPSA) is 28.3 Å². The first-order chi connectivity index (χ1) is 11.8. The van der Waals surface area contributed by atoms with E-state index in [0.29, 0.717) is 12.1 Å². The molecule has 0 radical (unpaired) electrons. The van der Waals surface area contributed by atoms with Gasteiger partial charge >= 0.3 is 0 Å². The predicted molar refractivity (Wildman–Crippen MR) is 96.6 cm³/mol. The predicted octanol–water partition coefficient (Wildman–Crippen LogP) is 4.39. The number of ether oxygens (including phenoxy) is 1. The third-order valence-electron chi connectivity index (χ3n) is 5.91. The molecular weight excluding hydrogens is 296 g/mol. The number of fused-ring (bicyclic) bond motifs is 6. The van der Waals surface area contributed by atoms with Crippen molar-refractivity contribution in [2.45, 2.75) is 31.8 Å². The Balaban J connectivity index is 1.65.